The third-order valence-electron chi connectivity index (χ3n) is 4.18. The molecule has 0 atom stereocenters. The first kappa shape index (κ1) is 18.1. The largest absolute Gasteiger partial charge is 0.463 e. The number of nitrogens with one attached hydrogen (secondary N) is 1. The van der Waals surface area contributed by atoms with Gasteiger partial charge in [0.15, 0.2) is 11.7 Å². The summed E-state index contributed by atoms with van der Waals surface area (Å²) in [6, 6.07) is 13.6. The van der Waals surface area contributed by atoms with Crippen molar-refractivity contribution in [2.75, 3.05) is 0 Å². The second-order valence-electron chi connectivity index (χ2n) is 6.09. The molecule has 0 saturated carbocycles. The van der Waals surface area contributed by atoms with Crippen molar-refractivity contribution in [3.05, 3.63) is 78.7 Å². The molecule has 7 nitrogen and oxygen atoms in total. The monoisotopic (exact) mass is 395 g/mol. The minimum atomic E-state index is -3.69. The highest BCUT2D eigenvalue weighted by molar-refractivity contribution is 7.89. The third kappa shape index (κ3) is 3.73. The molecule has 28 heavy (non-hydrogen) atoms. The van der Waals surface area contributed by atoms with Crippen LogP contribution in [-0.4, -0.2) is 18.4 Å². The first-order chi connectivity index (χ1) is 13.5. The Morgan fingerprint density at radius 2 is 1.86 bits per heavy atom. The molecule has 0 saturated heterocycles. The van der Waals surface area contributed by atoms with Crippen LogP contribution >= 0.6 is 0 Å². The zero-order valence-electron chi connectivity index (χ0n) is 15.0. The highest BCUT2D eigenvalue weighted by Gasteiger charge is 2.16. The van der Waals surface area contributed by atoms with Gasteiger partial charge >= 0.3 is 0 Å². The Morgan fingerprint density at radius 3 is 2.54 bits per heavy atom. The van der Waals surface area contributed by atoms with Crippen molar-refractivity contribution in [2.45, 2.75) is 18.4 Å². The zero-order chi connectivity index (χ0) is 19.6. The Morgan fingerprint density at radius 1 is 1.04 bits per heavy atom. The van der Waals surface area contributed by atoms with E-state index in [4.69, 9.17) is 8.83 Å². The van der Waals surface area contributed by atoms with E-state index in [-0.39, 0.29) is 11.4 Å². The predicted molar refractivity (Wildman–Crippen MR) is 103 cm³/mol. The van der Waals surface area contributed by atoms with Crippen LogP contribution in [-0.2, 0) is 16.6 Å². The van der Waals surface area contributed by atoms with Crippen molar-refractivity contribution < 1.29 is 17.3 Å². The summed E-state index contributed by atoms with van der Waals surface area (Å²) >= 11 is 0. The van der Waals surface area contributed by atoms with Crippen LogP contribution in [0.25, 0.3) is 22.7 Å². The van der Waals surface area contributed by atoms with Crippen molar-refractivity contribution >= 4 is 10.0 Å². The van der Waals surface area contributed by atoms with Gasteiger partial charge in [-0.1, -0.05) is 18.2 Å². The minimum Gasteiger partial charge on any atom is -0.463 e. The fourth-order valence-electron chi connectivity index (χ4n) is 2.77. The summed E-state index contributed by atoms with van der Waals surface area (Å²) in [5, 5.41) is 0. The van der Waals surface area contributed by atoms with E-state index in [1.165, 1.54) is 6.26 Å². The Hall–Kier alpha value is -3.23. The number of furan rings is 1. The molecule has 0 aliphatic rings. The van der Waals surface area contributed by atoms with E-state index in [1.807, 2.05) is 6.07 Å². The SMILES string of the molecule is Cc1nc(-c2ccc(S(=O)(=O)NCc3cccnc3-c3ccco3)cc2)co1. The van der Waals surface area contributed by atoms with Crippen LogP contribution in [0.2, 0.25) is 0 Å². The van der Waals surface area contributed by atoms with Gasteiger partial charge in [-0.3, -0.25) is 4.98 Å². The van der Waals surface area contributed by atoms with Gasteiger partial charge in [-0.05, 0) is 35.9 Å². The van der Waals surface area contributed by atoms with Crippen LogP contribution in [0.1, 0.15) is 11.5 Å². The number of hydrogen-bond acceptors (Lipinski definition) is 6. The van der Waals surface area contributed by atoms with E-state index in [0.717, 1.165) is 11.1 Å². The number of aryl methyl sites for hydroxylation is 1. The lowest BCUT2D eigenvalue weighted by molar-refractivity contribution is 0.521. The Bertz CT molecular complexity index is 1180. The van der Waals surface area contributed by atoms with E-state index >= 15 is 0 Å². The molecule has 4 aromatic rings. The molecule has 0 spiro atoms. The number of oxazole rings is 1. The summed E-state index contributed by atoms with van der Waals surface area (Å²) in [6.07, 6.45) is 4.73. The fourth-order valence-corrected chi connectivity index (χ4v) is 3.78. The Labute approximate surface area is 162 Å². The number of pyridine rings is 1. The van der Waals surface area contributed by atoms with Gasteiger partial charge in [0.25, 0.3) is 0 Å². The summed E-state index contributed by atoms with van der Waals surface area (Å²) in [4.78, 5) is 8.70. The van der Waals surface area contributed by atoms with Crippen molar-refractivity contribution in [1.29, 1.82) is 0 Å². The fraction of sp³-hybridized carbons (Fsp3) is 0.100. The molecule has 0 radical (unpaired) electrons. The second-order valence-corrected chi connectivity index (χ2v) is 7.86. The summed E-state index contributed by atoms with van der Waals surface area (Å²) < 4.78 is 38.5. The number of nitrogens with zero attached hydrogens (tertiary/aromatic N) is 2. The number of aromatic nitrogens is 2. The maximum Gasteiger partial charge on any atom is 0.240 e. The highest BCUT2D eigenvalue weighted by Crippen LogP contribution is 2.23. The van der Waals surface area contributed by atoms with Crippen molar-refractivity contribution in [3.63, 3.8) is 0 Å². The highest BCUT2D eigenvalue weighted by atomic mass is 32.2. The van der Waals surface area contributed by atoms with Crippen LogP contribution in [0.3, 0.4) is 0 Å². The van der Waals surface area contributed by atoms with E-state index in [1.54, 1.807) is 61.8 Å². The van der Waals surface area contributed by atoms with Crippen LogP contribution in [0, 0.1) is 6.92 Å². The zero-order valence-corrected chi connectivity index (χ0v) is 15.8. The molecule has 0 fully saturated rings. The summed E-state index contributed by atoms with van der Waals surface area (Å²) in [6.45, 7) is 1.85. The first-order valence-electron chi connectivity index (χ1n) is 8.53. The molecule has 8 heteroatoms. The summed E-state index contributed by atoms with van der Waals surface area (Å²) in [5.74, 6) is 1.14. The first-order valence-corrected chi connectivity index (χ1v) is 10.0. The summed E-state index contributed by atoms with van der Waals surface area (Å²) in [7, 11) is -3.69. The normalized spacial score (nSPS) is 11.6. The van der Waals surface area contributed by atoms with Gasteiger partial charge in [-0.15, -0.1) is 0 Å². The van der Waals surface area contributed by atoms with Crippen molar-refractivity contribution in [3.8, 4) is 22.7 Å². The molecule has 3 aromatic heterocycles. The van der Waals surface area contributed by atoms with Gasteiger partial charge in [0.2, 0.25) is 10.0 Å². The van der Waals surface area contributed by atoms with E-state index in [2.05, 4.69) is 14.7 Å². The van der Waals surface area contributed by atoms with Crippen molar-refractivity contribution in [1.82, 2.24) is 14.7 Å². The van der Waals surface area contributed by atoms with Gasteiger partial charge in [0.1, 0.15) is 17.7 Å². The van der Waals surface area contributed by atoms with Gasteiger partial charge in [0, 0.05) is 25.2 Å². The van der Waals surface area contributed by atoms with Gasteiger partial charge in [-0.25, -0.2) is 18.1 Å². The van der Waals surface area contributed by atoms with Crippen LogP contribution in [0.15, 0.2) is 81.0 Å². The Balaban J connectivity index is 1.52. The van der Waals surface area contributed by atoms with E-state index < -0.39 is 10.0 Å². The second kappa shape index (κ2) is 7.41. The smallest absolute Gasteiger partial charge is 0.240 e. The lowest BCUT2D eigenvalue weighted by Crippen LogP contribution is -2.23. The molecule has 0 bridgehead atoms. The molecule has 0 aliphatic heterocycles. The molecule has 1 aromatic carbocycles. The topological polar surface area (TPSA) is 98.2 Å². The lowest BCUT2D eigenvalue weighted by atomic mass is 10.1. The number of sulfonamides is 1. The van der Waals surface area contributed by atoms with E-state index in [9.17, 15) is 8.42 Å². The molecule has 4 rings (SSSR count). The minimum absolute atomic E-state index is 0.0937. The van der Waals surface area contributed by atoms with Gasteiger partial charge in [0.05, 0.1) is 11.2 Å². The molecule has 0 unspecified atom stereocenters. The third-order valence-corrected chi connectivity index (χ3v) is 5.60. The molecular formula is C20H17N3O4S. The maximum atomic E-state index is 12.7. The molecule has 3 heterocycles. The number of rotatable bonds is 6. The molecule has 142 valence electrons. The Kier molecular flexibility index (Phi) is 4.81. The molecule has 0 amide bonds. The molecule has 0 aliphatic carbocycles. The molecular weight excluding hydrogens is 378 g/mol. The van der Waals surface area contributed by atoms with Crippen LogP contribution in [0.5, 0.6) is 0 Å². The molecule has 1 N–H and O–H groups in total. The lowest BCUT2D eigenvalue weighted by Gasteiger charge is -2.09. The average molecular weight is 395 g/mol. The van der Waals surface area contributed by atoms with Gasteiger partial charge < -0.3 is 8.83 Å². The number of hydrogen-bond donors (Lipinski definition) is 1. The quantitative estimate of drug-likeness (QED) is 0.533. The predicted octanol–water partition coefficient (Wildman–Crippen LogP) is 3.78. The number of benzene rings is 1. The standard InChI is InChI=1S/C20H17N3O4S/c1-14-23-18(13-27-14)15-6-8-17(9-7-15)28(24,25)22-12-16-4-2-10-21-20(16)19-5-3-11-26-19/h2-11,13,22H,12H2,1H3. The maximum absolute atomic E-state index is 12.7. The van der Waals surface area contributed by atoms with Crippen molar-refractivity contribution in [2.24, 2.45) is 0 Å². The van der Waals surface area contributed by atoms with E-state index in [0.29, 0.717) is 23.0 Å². The average Bonchev–Trinajstić information content (AvgIpc) is 3.39. The van der Waals surface area contributed by atoms with Crippen LogP contribution in [0.4, 0.5) is 0 Å². The van der Waals surface area contributed by atoms with Crippen LogP contribution < -0.4 is 4.72 Å². The summed E-state index contributed by atoms with van der Waals surface area (Å²) in [5.41, 5.74) is 2.76. The van der Waals surface area contributed by atoms with Gasteiger partial charge in [-0.2, -0.15) is 0 Å².